The number of carboxylic acids is 1. The van der Waals surface area contributed by atoms with Gasteiger partial charge in [-0.15, -0.1) is 11.3 Å². The molecule has 0 radical (unpaired) electrons. The van der Waals surface area contributed by atoms with Gasteiger partial charge < -0.3 is 9.84 Å². The van der Waals surface area contributed by atoms with Crippen LogP contribution >= 0.6 is 11.3 Å². The van der Waals surface area contributed by atoms with Gasteiger partial charge in [-0.3, -0.25) is 0 Å². The first-order valence-electron chi connectivity index (χ1n) is 4.64. The van der Waals surface area contributed by atoms with Gasteiger partial charge in [0, 0.05) is 10.9 Å². The zero-order valence-electron chi connectivity index (χ0n) is 8.81. The summed E-state index contributed by atoms with van der Waals surface area (Å²) in [6.45, 7) is 0. The summed E-state index contributed by atoms with van der Waals surface area (Å²) in [6, 6.07) is 4.37. The highest BCUT2D eigenvalue weighted by Crippen LogP contribution is 2.26. The number of hydrogen-bond donors (Lipinski definition) is 1. The van der Waals surface area contributed by atoms with Gasteiger partial charge in [0.05, 0.1) is 12.8 Å². The summed E-state index contributed by atoms with van der Waals surface area (Å²) < 4.78 is 18.2. The second-order valence-electron chi connectivity index (χ2n) is 3.19. The molecule has 0 atom stereocenters. The normalized spacial score (nSPS) is 10.2. The number of carboxylic acid groups (broad SMARTS) is 1. The summed E-state index contributed by atoms with van der Waals surface area (Å²) >= 11 is 1.00. The minimum atomic E-state index is -1.09. The van der Waals surface area contributed by atoms with E-state index >= 15 is 0 Å². The average Bonchev–Trinajstić information content (AvgIpc) is 2.78. The number of rotatable bonds is 3. The fourth-order valence-corrected chi connectivity index (χ4v) is 1.99. The first kappa shape index (κ1) is 11.5. The van der Waals surface area contributed by atoms with Crippen LogP contribution in [0, 0.1) is 5.82 Å². The van der Waals surface area contributed by atoms with Gasteiger partial charge in [0.15, 0.2) is 11.6 Å². The third-order valence-corrected chi connectivity index (χ3v) is 2.96. The molecule has 2 aromatic rings. The molecule has 0 saturated carbocycles. The smallest absolute Gasteiger partial charge is 0.365 e. The Balaban J connectivity index is 2.39. The van der Waals surface area contributed by atoms with Crippen molar-refractivity contribution in [2.75, 3.05) is 7.11 Å². The molecule has 17 heavy (non-hydrogen) atoms. The third kappa shape index (κ3) is 2.26. The standard InChI is InChI=1S/C11H8FNO3S/c1-16-9-3-2-6(4-7(9)12)8-5-17-10(13-8)11(14)15/h2-5H,1H3,(H,14,15). The topological polar surface area (TPSA) is 59.4 Å². The van der Waals surface area contributed by atoms with E-state index < -0.39 is 11.8 Å². The predicted octanol–water partition coefficient (Wildman–Crippen LogP) is 2.66. The number of aromatic nitrogens is 1. The lowest BCUT2D eigenvalue weighted by Crippen LogP contribution is -1.94. The Morgan fingerprint density at radius 3 is 2.82 bits per heavy atom. The highest BCUT2D eigenvalue weighted by Gasteiger charge is 2.12. The fourth-order valence-electron chi connectivity index (χ4n) is 1.33. The Labute approximate surface area is 100 Å². The first-order valence-corrected chi connectivity index (χ1v) is 5.52. The Morgan fingerprint density at radius 1 is 1.53 bits per heavy atom. The Bertz CT molecular complexity index is 568. The van der Waals surface area contributed by atoms with Crippen molar-refractivity contribution in [2.45, 2.75) is 0 Å². The molecule has 4 nitrogen and oxygen atoms in total. The molecule has 0 bridgehead atoms. The fraction of sp³-hybridized carbons (Fsp3) is 0.0909. The zero-order chi connectivity index (χ0) is 12.4. The van der Waals surface area contributed by atoms with E-state index in [0.29, 0.717) is 11.3 Å². The highest BCUT2D eigenvalue weighted by atomic mass is 32.1. The van der Waals surface area contributed by atoms with Crippen molar-refractivity contribution in [2.24, 2.45) is 0 Å². The van der Waals surface area contributed by atoms with E-state index in [1.807, 2.05) is 0 Å². The predicted molar refractivity (Wildman–Crippen MR) is 61.0 cm³/mol. The molecule has 0 spiro atoms. The molecule has 0 aliphatic rings. The van der Waals surface area contributed by atoms with Crippen LogP contribution in [0.5, 0.6) is 5.75 Å². The molecule has 0 amide bonds. The van der Waals surface area contributed by atoms with Crippen LogP contribution in [0.15, 0.2) is 23.6 Å². The maximum Gasteiger partial charge on any atom is 0.365 e. The van der Waals surface area contributed by atoms with Crippen molar-refractivity contribution in [1.82, 2.24) is 4.98 Å². The molecule has 0 saturated heterocycles. The van der Waals surface area contributed by atoms with Crippen molar-refractivity contribution in [1.29, 1.82) is 0 Å². The van der Waals surface area contributed by atoms with Gasteiger partial charge in [0.1, 0.15) is 0 Å². The van der Waals surface area contributed by atoms with Crippen molar-refractivity contribution in [3.05, 3.63) is 34.4 Å². The first-order chi connectivity index (χ1) is 8.11. The summed E-state index contributed by atoms with van der Waals surface area (Å²) in [6.07, 6.45) is 0. The van der Waals surface area contributed by atoms with E-state index in [1.54, 1.807) is 11.4 Å². The Morgan fingerprint density at radius 2 is 2.29 bits per heavy atom. The maximum absolute atomic E-state index is 13.4. The van der Waals surface area contributed by atoms with Gasteiger partial charge in [-0.1, -0.05) is 0 Å². The number of benzene rings is 1. The van der Waals surface area contributed by atoms with Crippen LogP contribution in [0.3, 0.4) is 0 Å². The Kier molecular flexibility index (Phi) is 3.06. The van der Waals surface area contributed by atoms with Gasteiger partial charge >= 0.3 is 5.97 Å². The van der Waals surface area contributed by atoms with Gasteiger partial charge in [-0.05, 0) is 18.2 Å². The van der Waals surface area contributed by atoms with Crippen molar-refractivity contribution < 1.29 is 19.0 Å². The number of thiazole rings is 1. The minimum Gasteiger partial charge on any atom is -0.494 e. The summed E-state index contributed by atoms with van der Waals surface area (Å²) in [7, 11) is 1.38. The molecule has 0 fully saturated rings. The van der Waals surface area contributed by atoms with E-state index in [-0.39, 0.29) is 10.8 Å². The quantitative estimate of drug-likeness (QED) is 0.913. The van der Waals surface area contributed by atoms with Gasteiger partial charge in [-0.2, -0.15) is 0 Å². The van der Waals surface area contributed by atoms with Crippen LogP contribution in [-0.2, 0) is 0 Å². The van der Waals surface area contributed by atoms with E-state index in [0.717, 1.165) is 11.3 Å². The van der Waals surface area contributed by atoms with Crippen LogP contribution in [0.1, 0.15) is 9.80 Å². The molecule has 1 N–H and O–H groups in total. The number of nitrogens with zero attached hydrogens (tertiary/aromatic N) is 1. The molecule has 0 unspecified atom stereocenters. The number of halogens is 1. The molecular weight excluding hydrogens is 245 g/mol. The largest absolute Gasteiger partial charge is 0.494 e. The average molecular weight is 253 g/mol. The number of methoxy groups -OCH3 is 1. The van der Waals surface area contributed by atoms with Crippen molar-refractivity contribution >= 4 is 17.3 Å². The summed E-state index contributed by atoms with van der Waals surface area (Å²) in [5, 5.41) is 10.3. The number of carbonyl (C=O) groups is 1. The molecule has 1 aromatic carbocycles. The number of ether oxygens (including phenoxy) is 1. The molecule has 1 aromatic heterocycles. The lowest BCUT2D eigenvalue weighted by Gasteiger charge is -2.02. The van der Waals surface area contributed by atoms with Crippen LogP contribution in [0.4, 0.5) is 4.39 Å². The van der Waals surface area contributed by atoms with E-state index in [9.17, 15) is 9.18 Å². The third-order valence-electron chi connectivity index (χ3n) is 2.13. The second-order valence-corrected chi connectivity index (χ2v) is 4.05. The molecular formula is C11H8FNO3S. The monoisotopic (exact) mass is 253 g/mol. The van der Waals surface area contributed by atoms with Crippen LogP contribution in [0.2, 0.25) is 0 Å². The molecule has 1 heterocycles. The van der Waals surface area contributed by atoms with Crippen molar-refractivity contribution in [3.8, 4) is 17.0 Å². The highest BCUT2D eigenvalue weighted by molar-refractivity contribution is 7.11. The lowest BCUT2D eigenvalue weighted by atomic mass is 10.1. The molecule has 6 heteroatoms. The maximum atomic E-state index is 13.4. The zero-order valence-corrected chi connectivity index (χ0v) is 9.62. The minimum absolute atomic E-state index is 0.0174. The summed E-state index contributed by atoms with van der Waals surface area (Å²) in [5.41, 5.74) is 0.959. The molecule has 88 valence electrons. The SMILES string of the molecule is COc1ccc(-c2csc(C(=O)O)n2)cc1F. The van der Waals surface area contributed by atoms with Crippen LogP contribution in [0.25, 0.3) is 11.3 Å². The second kappa shape index (κ2) is 4.50. The van der Waals surface area contributed by atoms with Crippen LogP contribution < -0.4 is 4.74 Å². The molecule has 2 rings (SSSR count). The molecule has 0 aliphatic heterocycles. The van der Waals surface area contributed by atoms with Crippen LogP contribution in [-0.4, -0.2) is 23.2 Å². The Hall–Kier alpha value is -1.95. The summed E-state index contributed by atoms with van der Waals surface area (Å²) in [4.78, 5) is 14.6. The lowest BCUT2D eigenvalue weighted by molar-refractivity contribution is 0.0696. The van der Waals surface area contributed by atoms with Gasteiger partial charge in [0.25, 0.3) is 0 Å². The van der Waals surface area contributed by atoms with Gasteiger partial charge in [0.2, 0.25) is 5.01 Å². The summed E-state index contributed by atoms with van der Waals surface area (Å²) in [5.74, 6) is -1.45. The van der Waals surface area contributed by atoms with E-state index in [1.165, 1.54) is 19.2 Å². The van der Waals surface area contributed by atoms with Crippen molar-refractivity contribution in [3.63, 3.8) is 0 Å². The number of hydrogen-bond acceptors (Lipinski definition) is 4. The molecule has 0 aliphatic carbocycles. The van der Waals surface area contributed by atoms with E-state index in [4.69, 9.17) is 9.84 Å². The number of aromatic carboxylic acids is 1. The van der Waals surface area contributed by atoms with Gasteiger partial charge in [-0.25, -0.2) is 14.2 Å². The van der Waals surface area contributed by atoms with E-state index in [2.05, 4.69) is 4.98 Å².